The molecule has 0 heterocycles. The maximum Gasteiger partial charge on any atom is 0.123 e. The molecule has 0 aliphatic carbocycles. The van der Waals surface area contributed by atoms with E-state index >= 15 is 0 Å². The fourth-order valence-corrected chi connectivity index (χ4v) is 1.52. The summed E-state index contributed by atoms with van der Waals surface area (Å²) in [7, 11) is 1.86. The van der Waals surface area contributed by atoms with Crippen LogP contribution in [0.15, 0.2) is 18.2 Å². The van der Waals surface area contributed by atoms with Crippen molar-refractivity contribution >= 4 is 5.69 Å². The van der Waals surface area contributed by atoms with E-state index < -0.39 is 6.10 Å². The molecule has 0 radical (unpaired) electrons. The molecule has 0 aromatic heterocycles. The van der Waals surface area contributed by atoms with Gasteiger partial charge in [0.25, 0.3) is 0 Å². The summed E-state index contributed by atoms with van der Waals surface area (Å²) in [5.74, 6) is -0.287. The molecule has 0 amide bonds. The van der Waals surface area contributed by atoms with Gasteiger partial charge < -0.3 is 10.8 Å². The van der Waals surface area contributed by atoms with Gasteiger partial charge in [0.05, 0.1) is 6.10 Å². The van der Waals surface area contributed by atoms with Crippen molar-refractivity contribution in [2.45, 2.75) is 19.6 Å². The molecule has 84 valence electrons. The van der Waals surface area contributed by atoms with Crippen molar-refractivity contribution in [3.63, 3.8) is 0 Å². The van der Waals surface area contributed by atoms with E-state index in [2.05, 4.69) is 0 Å². The standard InChI is InChI=1S/C11H17FN2O/c1-8(15)6-14(2)7-9-5-10(12)3-4-11(9)13/h3-5,8,15H,6-7,13H2,1-2H3. The number of anilines is 1. The smallest absolute Gasteiger partial charge is 0.123 e. The van der Waals surface area contributed by atoms with Crippen molar-refractivity contribution in [3.05, 3.63) is 29.6 Å². The molecule has 4 heteroatoms. The molecule has 0 spiro atoms. The molecule has 1 aromatic carbocycles. The molecule has 1 rings (SSSR count). The molecule has 0 saturated carbocycles. The lowest BCUT2D eigenvalue weighted by Crippen LogP contribution is -2.27. The fraction of sp³-hybridized carbons (Fsp3) is 0.455. The highest BCUT2D eigenvalue weighted by atomic mass is 19.1. The Morgan fingerprint density at radius 1 is 1.53 bits per heavy atom. The SMILES string of the molecule is CC(O)CN(C)Cc1cc(F)ccc1N. The highest BCUT2D eigenvalue weighted by Crippen LogP contribution is 2.15. The number of halogens is 1. The molecular weight excluding hydrogens is 195 g/mol. The second-order valence-electron chi connectivity index (χ2n) is 3.89. The van der Waals surface area contributed by atoms with Gasteiger partial charge in [-0.15, -0.1) is 0 Å². The second-order valence-corrected chi connectivity index (χ2v) is 3.89. The quantitative estimate of drug-likeness (QED) is 0.738. The summed E-state index contributed by atoms with van der Waals surface area (Å²) >= 11 is 0. The fourth-order valence-electron chi connectivity index (χ4n) is 1.52. The lowest BCUT2D eigenvalue weighted by atomic mass is 10.1. The normalized spacial score (nSPS) is 13.1. The van der Waals surface area contributed by atoms with Crippen LogP contribution in [0.3, 0.4) is 0 Å². The van der Waals surface area contributed by atoms with E-state index in [4.69, 9.17) is 5.73 Å². The summed E-state index contributed by atoms with van der Waals surface area (Å²) < 4.78 is 12.9. The van der Waals surface area contributed by atoms with Crippen molar-refractivity contribution in [2.24, 2.45) is 0 Å². The average molecular weight is 212 g/mol. The van der Waals surface area contributed by atoms with Gasteiger partial charge in [-0.3, -0.25) is 4.90 Å². The third kappa shape index (κ3) is 3.85. The number of nitrogen functional groups attached to an aromatic ring is 1. The Kier molecular flexibility index (Phi) is 4.05. The molecule has 0 aliphatic rings. The van der Waals surface area contributed by atoms with Crippen molar-refractivity contribution in [2.75, 3.05) is 19.3 Å². The Bertz CT molecular complexity index is 328. The minimum Gasteiger partial charge on any atom is -0.398 e. The Hall–Kier alpha value is -1.13. The molecule has 1 unspecified atom stereocenters. The Labute approximate surface area is 89.3 Å². The van der Waals surface area contributed by atoms with Crippen LogP contribution in [0, 0.1) is 5.82 Å². The minimum atomic E-state index is -0.398. The molecule has 0 bridgehead atoms. The Morgan fingerprint density at radius 2 is 2.20 bits per heavy atom. The average Bonchev–Trinajstić information content (AvgIpc) is 2.10. The van der Waals surface area contributed by atoms with Gasteiger partial charge >= 0.3 is 0 Å². The van der Waals surface area contributed by atoms with Gasteiger partial charge in [-0.2, -0.15) is 0 Å². The third-order valence-corrected chi connectivity index (χ3v) is 2.12. The van der Waals surface area contributed by atoms with Crippen LogP contribution in [0.5, 0.6) is 0 Å². The van der Waals surface area contributed by atoms with E-state index in [1.165, 1.54) is 12.1 Å². The second kappa shape index (κ2) is 5.09. The van der Waals surface area contributed by atoms with Crippen molar-refractivity contribution in [3.8, 4) is 0 Å². The maximum absolute atomic E-state index is 12.9. The molecule has 0 saturated heterocycles. The molecule has 1 aromatic rings. The van der Waals surface area contributed by atoms with Crippen molar-refractivity contribution in [1.29, 1.82) is 0 Å². The van der Waals surface area contributed by atoms with E-state index in [1.807, 2.05) is 11.9 Å². The van der Waals surface area contributed by atoms with E-state index in [9.17, 15) is 9.50 Å². The highest BCUT2D eigenvalue weighted by Gasteiger charge is 2.07. The summed E-state index contributed by atoms with van der Waals surface area (Å²) in [5, 5.41) is 9.18. The largest absolute Gasteiger partial charge is 0.398 e. The number of nitrogens with two attached hydrogens (primary N) is 1. The van der Waals surface area contributed by atoms with Crippen LogP contribution >= 0.6 is 0 Å². The number of nitrogens with zero attached hydrogens (tertiary/aromatic N) is 1. The zero-order valence-electron chi connectivity index (χ0n) is 9.07. The van der Waals surface area contributed by atoms with Gasteiger partial charge in [0.15, 0.2) is 0 Å². The van der Waals surface area contributed by atoms with Crippen LogP contribution in [0.4, 0.5) is 10.1 Å². The van der Waals surface area contributed by atoms with Crippen LogP contribution in [-0.2, 0) is 6.54 Å². The third-order valence-electron chi connectivity index (χ3n) is 2.12. The topological polar surface area (TPSA) is 49.5 Å². The first-order chi connectivity index (χ1) is 6.99. The van der Waals surface area contributed by atoms with Gasteiger partial charge in [-0.1, -0.05) is 0 Å². The Morgan fingerprint density at radius 3 is 2.80 bits per heavy atom. The van der Waals surface area contributed by atoms with Gasteiger partial charge in [0.2, 0.25) is 0 Å². The highest BCUT2D eigenvalue weighted by molar-refractivity contribution is 5.46. The lowest BCUT2D eigenvalue weighted by molar-refractivity contribution is 0.138. The number of hydrogen-bond donors (Lipinski definition) is 2. The molecule has 1 atom stereocenters. The molecule has 0 aliphatic heterocycles. The predicted molar refractivity (Wildman–Crippen MR) is 58.8 cm³/mol. The number of benzene rings is 1. The first-order valence-electron chi connectivity index (χ1n) is 4.89. The summed E-state index contributed by atoms with van der Waals surface area (Å²) in [4.78, 5) is 1.90. The molecule has 3 N–H and O–H groups in total. The Balaban J connectivity index is 2.67. The predicted octanol–water partition coefficient (Wildman–Crippen LogP) is 1.22. The zero-order chi connectivity index (χ0) is 11.4. The number of likely N-dealkylation sites (N-methyl/N-ethyl adjacent to an activating group) is 1. The van der Waals surface area contributed by atoms with E-state index in [0.717, 1.165) is 5.56 Å². The van der Waals surface area contributed by atoms with Gasteiger partial charge in [-0.05, 0) is 37.7 Å². The van der Waals surface area contributed by atoms with Crippen molar-refractivity contribution in [1.82, 2.24) is 4.90 Å². The van der Waals surface area contributed by atoms with Crippen LogP contribution in [-0.4, -0.2) is 29.7 Å². The first kappa shape index (κ1) is 11.9. The van der Waals surface area contributed by atoms with Crippen LogP contribution in [0.1, 0.15) is 12.5 Å². The summed E-state index contributed by atoms with van der Waals surface area (Å²) in [6.45, 7) is 2.79. The number of aliphatic hydroxyl groups excluding tert-OH is 1. The van der Waals surface area contributed by atoms with Gasteiger partial charge in [0, 0.05) is 18.8 Å². The maximum atomic E-state index is 12.9. The van der Waals surface area contributed by atoms with Crippen LogP contribution < -0.4 is 5.73 Å². The summed E-state index contributed by atoms with van der Waals surface area (Å²) in [6.07, 6.45) is -0.398. The van der Waals surface area contributed by atoms with E-state index in [-0.39, 0.29) is 5.82 Å². The van der Waals surface area contributed by atoms with Gasteiger partial charge in [-0.25, -0.2) is 4.39 Å². The molecule has 3 nitrogen and oxygen atoms in total. The van der Waals surface area contributed by atoms with Crippen LogP contribution in [0.25, 0.3) is 0 Å². The number of aliphatic hydroxyl groups is 1. The van der Waals surface area contributed by atoms with Crippen LogP contribution in [0.2, 0.25) is 0 Å². The lowest BCUT2D eigenvalue weighted by Gasteiger charge is -2.19. The number of rotatable bonds is 4. The first-order valence-corrected chi connectivity index (χ1v) is 4.89. The van der Waals surface area contributed by atoms with Crippen molar-refractivity contribution < 1.29 is 9.50 Å². The minimum absolute atomic E-state index is 0.287. The summed E-state index contributed by atoms with van der Waals surface area (Å²) in [6, 6.07) is 4.32. The molecule has 0 fully saturated rings. The molecular formula is C11H17FN2O. The number of hydrogen-bond acceptors (Lipinski definition) is 3. The monoisotopic (exact) mass is 212 g/mol. The summed E-state index contributed by atoms with van der Waals surface area (Å²) in [5.41, 5.74) is 7.04. The molecule has 15 heavy (non-hydrogen) atoms. The van der Waals surface area contributed by atoms with E-state index in [0.29, 0.717) is 18.8 Å². The van der Waals surface area contributed by atoms with Gasteiger partial charge in [0.1, 0.15) is 5.82 Å². The van der Waals surface area contributed by atoms with E-state index in [1.54, 1.807) is 13.0 Å². The zero-order valence-corrected chi connectivity index (χ0v) is 9.07.